The maximum atomic E-state index is 13.4. The van der Waals surface area contributed by atoms with E-state index in [1.807, 2.05) is 48.9 Å². The fourth-order valence-electron chi connectivity index (χ4n) is 3.54. The van der Waals surface area contributed by atoms with E-state index >= 15 is 0 Å². The lowest BCUT2D eigenvalue weighted by Crippen LogP contribution is -2.34. The van der Waals surface area contributed by atoms with Gasteiger partial charge in [0.05, 0.1) is 12.2 Å². The predicted molar refractivity (Wildman–Crippen MR) is 105 cm³/mol. The second-order valence-corrected chi connectivity index (χ2v) is 8.22. The molecule has 0 saturated carbocycles. The van der Waals surface area contributed by atoms with Gasteiger partial charge in [-0.2, -0.15) is 5.10 Å². The van der Waals surface area contributed by atoms with Gasteiger partial charge in [0.2, 0.25) is 0 Å². The van der Waals surface area contributed by atoms with Gasteiger partial charge in [-0.25, -0.2) is 0 Å². The third kappa shape index (κ3) is 3.85. The third-order valence-corrected chi connectivity index (χ3v) is 4.65. The van der Waals surface area contributed by atoms with E-state index in [9.17, 15) is 4.39 Å². The molecule has 3 rings (SSSR count). The van der Waals surface area contributed by atoms with Gasteiger partial charge in [0.15, 0.2) is 0 Å². The molecule has 2 heterocycles. The van der Waals surface area contributed by atoms with E-state index in [0.717, 1.165) is 22.4 Å². The molecule has 136 valence electrons. The first kappa shape index (κ1) is 18.3. The Morgan fingerprint density at radius 1 is 0.923 bits per heavy atom. The highest BCUT2D eigenvalue weighted by atomic mass is 19.1. The number of aromatic nitrogens is 3. The Balaban J connectivity index is 2.10. The Morgan fingerprint density at radius 3 is 2.19 bits per heavy atom. The van der Waals surface area contributed by atoms with Crippen LogP contribution in [0.2, 0.25) is 0 Å². The van der Waals surface area contributed by atoms with Crippen LogP contribution in [0.5, 0.6) is 0 Å². The van der Waals surface area contributed by atoms with Crippen LogP contribution in [0.15, 0.2) is 61.1 Å². The van der Waals surface area contributed by atoms with Crippen LogP contribution in [-0.2, 0) is 5.54 Å². The standard InChI is InChI=1S/C22H26FN3/c1-21(2,16-23)15-22(3,4)26-14-19(17-10-12-24-13-11-17)20(25-26)18-8-6-5-7-9-18/h5-14H,15-16H2,1-4H3. The summed E-state index contributed by atoms with van der Waals surface area (Å²) < 4.78 is 15.4. The fraction of sp³-hybridized carbons (Fsp3) is 0.364. The summed E-state index contributed by atoms with van der Waals surface area (Å²) >= 11 is 0. The van der Waals surface area contributed by atoms with Gasteiger partial charge < -0.3 is 0 Å². The number of hydrogen-bond acceptors (Lipinski definition) is 2. The van der Waals surface area contributed by atoms with Gasteiger partial charge in [0, 0.05) is 29.7 Å². The van der Waals surface area contributed by atoms with E-state index in [1.165, 1.54) is 0 Å². The normalized spacial score (nSPS) is 12.3. The largest absolute Gasteiger partial charge is 0.266 e. The van der Waals surface area contributed by atoms with E-state index in [1.54, 1.807) is 12.4 Å². The molecule has 26 heavy (non-hydrogen) atoms. The molecule has 0 aliphatic carbocycles. The molecule has 0 aliphatic rings. The van der Waals surface area contributed by atoms with Gasteiger partial charge in [0.25, 0.3) is 0 Å². The van der Waals surface area contributed by atoms with E-state index in [-0.39, 0.29) is 17.6 Å². The first-order valence-corrected chi connectivity index (χ1v) is 8.94. The summed E-state index contributed by atoms with van der Waals surface area (Å²) in [6.07, 6.45) is 6.35. The van der Waals surface area contributed by atoms with Gasteiger partial charge in [0.1, 0.15) is 5.69 Å². The molecule has 0 spiro atoms. The smallest absolute Gasteiger partial charge is 0.100 e. The molecule has 0 aliphatic heterocycles. The highest BCUT2D eigenvalue weighted by molar-refractivity contribution is 5.80. The lowest BCUT2D eigenvalue weighted by molar-refractivity contribution is 0.148. The van der Waals surface area contributed by atoms with Crippen molar-refractivity contribution in [3.05, 3.63) is 61.1 Å². The predicted octanol–water partition coefficient (Wildman–Crippen LogP) is 5.73. The summed E-state index contributed by atoms with van der Waals surface area (Å²) in [5.74, 6) is 0. The molecule has 1 aromatic carbocycles. The van der Waals surface area contributed by atoms with Crippen LogP contribution in [0.4, 0.5) is 4.39 Å². The summed E-state index contributed by atoms with van der Waals surface area (Å²) in [7, 11) is 0. The first-order valence-electron chi connectivity index (χ1n) is 8.94. The fourth-order valence-corrected chi connectivity index (χ4v) is 3.54. The van der Waals surface area contributed by atoms with Crippen LogP contribution in [0, 0.1) is 5.41 Å². The number of benzene rings is 1. The zero-order valence-corrected chi connectivity index (χ0v) is 15.9. The monoisotopic (exact) mass is 351 g/mol. The number of rotatable bonds is 6. The molecule has 3 aromatic rings. The van der Waals surface area contributed by atoms with Gasteiger partial charge in [-0.3, -0.25) is 14.1 Å². The molecule has 0 fully saturated rings. The number of pyridine rings is 1. The average Bonchev–Trinajstić information content (AvgIpc) is 3.09. The Labute approximate surface area is 154 Å². The van der Waals surface area contributed by atoms with Crippen LogP contribution in [-0.4, -0.2) is 21.4 Å². The minimum atomic E-state index is -0.390. The third-order valence-electron chi connectivity index (χ3n) is 4.65. The zero-order valence-electron chi connectivity index (χ0n) is 15.9. The second-order valence-electron chi connectivity index (χ2n) is 8.22. The second kappa shape index (κ2) is 7.02. The maximum absolute atomic E-state index is 13.4. The highest BCUT2D eigenvalue weighted by Gasteiger charge is 2.32. The molecule has 0 radical (unpaired) electrons. The van der Waals surface area contributed by atoms with Crippen molar-refractivity contribution in [2.75, 3.05) is 6.67 Å². The van der Waals surface area contributed by atoms with Gasteiger partial charge in [-0.05, 0) is 43.4 Å². The maximum Gasteiger partial charge on any atom is 0.100 e. The SMILES string of the molecule is CC(C)(CF)CC(C)(C)n1cc(-c2ccncc2)c(-c2ccccc2)n1. The van der Waals surface area contributed by atoms with Gasteiger partial charge >= 0.3 is 0 Å². The summed E-state index contributed by atoms with van der Waals surface area (Å²) in [5.41, 5.74) is 3.45. The summed E-state index contributed by atoms with van der Waals surface area (Å²) in [6, 6.07) is 14.1. The molecule has 0 unspecified atom stereocenters. The minimum absolute atomic E-state index is 0.301. The van der Waals surface area contributed by atoms with Crippen molar-refractivity contribution in [1.29, 1.82) is 0 Å². The first-order chi connectivity index (χ1) is 12.3. The van der Waals surface area contributed by atoms with Crippen LogP contribution in [0.25, 0.3) is 22.4 Å². The summed E-state index contributed by atoms with van der Waals surface area (Å²) in [4.78, 5) is 4.12. The summed E-state index contributed by atoms with van der Waals surface area (Å²) in [5, 5.41) is 4.92. The molecule has 0 bridgehead atoms. The van der Waals surface area contributed by atoms with E-state index in [0.29, 0.717) is 6.42 Å². The molecule has 0 N–H and O–H groups in total. The molecular weight excluding hydrogens is 325 g/mol. The lowest BCUT2D eigenvalue weighted by Gasteiger charge is -2.33. The van der Waals surface area contributed by atoms with Crippen LogP contribution >= 0.6 is 0 Å². The van der Waals surface area contributed by atoms with Crippen molar-refractivity contribution in [3.8, 4) is 22.4 Å². The van der Waals surface area contributed by atoms with Crippen molar-refractivity contribution in [2.24, 2.45) is 5.41 Å². The Bertz CT molecular complexity index is 795. The Kier molecular flexibility index (Phi) is 4.94. The molecule has 0 saturated heterocycles. The van der Waals surface area contributed by atoms with Crippen molar-refractivity contribution < 1.29 is 4.39 Å². The van der Waals surface area contributed by atoms with E-state index < -0.39 is 0 Å². The quantitative estimate of drug-likeness (QED) is 0.567. The van der Waals surface area contributed by atoms with E-state index in [4.69, 9.17) is 5.10 Å². The zero-order chi connectivity index (χ0) is 18.8. The Hall–Kier alpha value is -2.49. The summed E-state index contributed by atoms with van der Waals surface area (Å²) in [6.45, 7) is 7.80. The van der Waals surface area contributed by atoms with Crippen molar-refractivity contribution in [1.82, 2.24) is 14.8 Å². The Morgan fingerprint density at radius 2 is 1.58 bits per heavy atom. The van der Waals surface area contributed by atoms with Crippen molar-refractivity contribution in [3.63, 3.8) is 0 Å². The molecule has 4 heteroatoms. The number of hydrogen-bond donors (Lipinski definition) is 0. The number of alkyl halides is 1. The van der Waals surface area contributed by atoms with Crippen LogP contribution in [0.1, 0.15) is 34.1 Å². The van der Waals surface area contributed by atoms with Gasteiger partial charge in [-0.15, -0.1) is 0 Å². The molecule has 0 amide bonds. The number of nitrogens with zero attached hydrogens (tertiary/aromatic N) is 3. The molecular formula is C22H26FN3. The number of halogens is 1. The topological polar surface area (TPSA) is 30.7 Å². The molecule has 3 nitrogen and oxygen atoms in total. The van der Waals surface area contributed by atoms with Crippen LogP contribution in [0.3, 0.4) is 0 Å². The lowest BCUT2D eigenvalue weighted by atomic mass is 9.81. The van der Waals surface area contributed by atoms with Crippen LogP contribution < -0.4 is 0 Å². The van der Waals surface area contributed by atoms with Crippen molar-refractivity contribution >= 4 is 0 Å². The molecule has 2 aromatic heterocycles. The highest BCUT2D eigenvalue weighted by Crippen LogP contribution is 2.37. The van der Waals surface area contributed by atoms with Crippen molar-refractivity contribution in [2.45, 2.75) is 39.7 Å². The minimum Gasteiger partial charge on any atom is -0.266 e. The van der Waals surface area contributed by atoms with Gasteiger partial charge in [-0.1, -0.05) is 44.2 Å². The average molecular weight is 351 g/mol. The molecule has 0 atom stereocenters. The van der Waals surface area contributed by atoms with E-state index in [2.05, 4.69) is 37.2 Å².